The Kier molecular flexibility index (Phi) is 25.9. The van der Waals surface area contributed by atoms with Crippen molar-refractivity contribution in [3.63, 3.8) is 0 Å². The molecule has 292 valence electrons. The predicted octanol–water partition coefficient (Wildman–Crippen LogP) is 6.63. The molecule has 12 nitrogen and oxygen atoms in total. The molecule has 6 atom stereocenters. The Balaban J connectivity index is 2.37. The Hall–Kier alpha value is -1.66. The van der Waals surface area contributed by atoms with E-state index in [1.165, 1.54) is 44.9 Å². The van der Waals surface area contributed by atoms with Crippen LogP contribution < -0.4 is 0 Å². The van der Waals surface area contributed by atoms with E-state index in [4.69, 9.17) is 19.3 Å². The number of unbranched alkanes of at least 4 members (excludes halogenated alkanes) is 13. The largest absolute Gasteiger partial charge is 0.469 e. The Morgan fingerprint density at radius 1 is 0.740 bits per heavy atom. The molecule has 5 N–H and O–H groups in total. The number of ether oxygens (including phenoxy) is 2. The number of rotatable bonds is 31. The van der Waals surface area contributed by atoms with Crippen LogP contribution >= 0.6 is 7.82 Å². The van der Waals surface area contributed by atoms with Crippen LogP contribution in [0.3, 0.4) is 0 Å². The van der Waals surface area contributed by atoms with E-state index in [1.807, 2.05) is 0 Å². The van der Waals surface area contributed by atoms with Crippen LogP contribution in [0.25, 0.3) is 0 Å². The Morgan fingerprint density at radius 2 is 1.28 bits per heavy atom. The van der Waals surface area contributed by atoms with Crippen molar-refractivity contribution in [2.24, 2.45) is 11.8 Å². The number of phosphoric acid groups is 1. The molecule has 0 heterocycles. The summed E-state index contributed by atoms with van der Waals surface area (Å²) in [6.45, 7) is 3.23. The maximum atomic E-state index is 12.7. The average molecular weight is 735 g/mol. The highest BCUT2D eigenvalue weighted by Crippen LogP contribution is 2.37. The van der Waals surface area contributed by atoms with Crippen molar-refractivity contribution < 1.29 is 58.1 Å². The molecule has 13 heteroatoms. The van der Waals surface area contributed by atoms with Gasteiger partial charge in [0.25, 0.3) is 0 Å². The standard InChI is InChI=1S/C37H67O12P/c1-3-5-7-8-9-10-11-12-13-14-16-22-37(43)49-31(28-48-50(44,45)46)27-47-36(42)21-18-17-20-30(39)25-33-32(34(40)26-35(33)41)24-23-29(38)19-15-6-4-2/h23-24,29,31-35,38,40-41H,3-22,25-28H2,1-2H3,(H2,44,45,46)/b24-23+/t29-,31+,32+,33+,34+,35-/m0/s1. The topological polar surface area (TPSA) is 197 Å². The fraction of sp³-hybridized carbons (Fsp3) is 0.865. The quantitative estimate of drug-likeness (QED) is 0.0221. The number of aliphatic hydroxyl groups is 3. The van der Waals surface area contributed by atoms with Crippen molar-refractivity contribution in [3.8, 4) is 0 Å². The molecule has 1 rings (SSSR count). The van der Waals surface area contributed by atoms with Crippen LogP contribution in [0.1, 0.15) is 155 Å². The van der Waals surface area contributed by atoms with Crippen molar-refractivity contribution in [1.82, 2.24) is 0 Å². The highest BCUT2D eigenvalue weighted by molar-refractivity contribution is 7.46. The van der Waals surface area contributed by atoms with Gasteiger partial charge in [-0.2, -0.15) is 0 Å². The third-order valence-electron chi connectivity index (χ3n) is 9.27. The second-order valence-corrected chi connectivity index (χ2v) is 15.1. The maximum Gasteiger partial charge on any atom is 0.469 e. The van der Waals surface area contributed by atoms with Crippen molar-refractivity contribution in [2.45, 2.75) is 180 Å². The minimum atomic E-state index is -4.83. The lowest BCUT2D eigenvalue weighted by Gasteiger charge is -2.20. The normalized spacial score (nSPS) is 20.6. The minimum Gasteiger partial charge on any atom is -0.462 e. The first kappa shape index (κ1) is 46.4. The summed E-state index contributed by atoms with van der Waals surface area (Å²) < 4.78 is 26.2. The SMILES string of the molecule is CCCCCCCCCCCCCC(=O)O[C@H](COC(=O)CCCCC(=O)C[C@@H]1[C@@H](/C=C/[C@@H](O)CCCCC)[C@H](O)C[C@@H]1O)COP(=O)(O)O. The summed E-state index contributed by atoms with van der Waals surface area (Å²) in [6.07, 6.45) is 17.2. The molecule has 0 spiro atoms. The smallest absolute Gasteiger partial charge is 0.462 e. The van der Waals surface area contributed by atoms with Crippen molar-refractivity contribution in [3.05, 3.63) is 12.2 Å². The zero-order valence-electron chi connectivity index (χ0n) is 30.6. The molecular weight excluding hydrogens is 667 g/mol. The fourth-order valence-electron chi connectivity index (χ4n) is 6.31. The third-order valence-corrected chi connectivity index (χ3v) is 9.75. The molecule has 0 saturated heterocycles. The highest BCUT2D eigenvalue weighted by atomic mass is 31.2. The zero-order chi connectivity index (χ0) is 37.2. The first-order chi connectivity index (χ1) is 23.9. The lowest BCUT2D eigenvalue weighted by Crippen LogP contribution is -2.29. The van der Waals surface area contributed by atoms with Crippen LogP contribution in [0.2, 0.25) is 0 Å². The summed E-state index contributed by atoms with van der Waals surface area (Å²) in [4.78, 5) is 55.6. The van der Waals surface area contributed by atoms with Crippen LogP contribution in [0.5, 0.6) is 0 Å². The summed E-state index contributed by atoms with van der Waals surface area (Å²) in [6, 6.07) is 0. The highest BCUT2D eigenvalue weighted by Gasteiger charge is 2.41. The number of carbonyl (C=O) groups is 3. The molecule has 0 bridgehead atoms. The molecule has 0 radical (unpaired) electrons. The van der Waals surface area contributed by atoms with Crippen LogP contribution in [0.15, 0.2) is 12.2 Å². The second kappa shape index (κ2) is 27.9. The molecule has 0 aromatic heterocycles. The van der Waals surface area contributed by atoms with Crippen LogP contribution in [-0.4, -0.2) is 80.5 Å². The lowest BCUT2D eigenvalue weighted by molar-refractivity contribution is -0.161. The van der Waals surface area contributed by atoms with Gasteiger partial charge in [-0.3, -0.25) is 18.9 Å². The van der Waals surface area contributed by atoms with Gasteiger partial charge in [-0.05, 0) is 25.7 Å². The molecule has 0 aromatic rings. The Bertz CT molecular complexity index is 999. The van der Waals surface area contributed by atoms with E-state index in [0.717, 1.165) is 38.5 Å². The number of esters is 2. The van der Waals surface area contributed by atoms with Crippen LogP contribution in [0.4, 0.5) is 0 Å². The van der Waals surface area contributed by atoms with Crippen LogP contribution in [-0.2, 0) is 32.9 Å². The number of carbonyl (C=O) groups excluding carboxylic acids is 3. The van der Waals surface area contributed by atoms with E-state index in [1.54, 1.807) is 12.2 Å². The Labute approximate surface area is 300 Å². The van der Waals surface area contributed by atoms with Gasteiger partial charge in [0.1, 0.15) is 12.4 Å². The van der Waals surface area contributed by atoms with Gasteiger partial charge in [-0.1, -0.05) is 109 Å². The van der Waals surface area contributed by atoms with Crippen molar-refractivity contribution in [2.75, 3.05) is 13.2 Å². The van der Waals surface area contributed by atoms with Crippen LogP contribution in [0, 0.1) is 11.8 Å². The van der Waals surface area contributed by atoms with E-state index in [0.29, 0.717) is 25.7 Å². The predicted molar refractivity (Wildman–Crippen MR) is 191 cm³/mol. The molecule has 1 saturated carbocycles. The van der Waals surface area contributed by atoms with Gasteiger partial charge < -0.3 is 34.6 Å². The summed E-state index contributed by atoms with van der Waals surface area (Å²) in [7, 11) is -4.83. The number of ketones is 1. The molecular formula is C37H67O12P. The Morgan fingerprint density at radius 3 is 1.90 bits per heavy atom. The number of aliphatic hydroxyl groups excluding tert-OH is 3. The van der Waals surface area contributed by atoms with Gasteiger partial charge in [0, 0.05) is 43.9 Å². The summed E-state index contributed by atoms with van der Waals surface area (Å²) >= 11 is 0. The monoisotopic (exact) mass is 734 g/mol. The summed E-state index contributed by atoms with van der Waals surface area (Å²) in [5, 5.41) is 31.1. The zero-order valence-corrected chi connectivity index (χ0v) is 31.5. The van der Waals surface area contributed by atoms with E-state index in [-0.39, 0.29) is 37.9 Å². The maximum absolute atomic E-state index is 12.7. The molecule has 1 aliphatic carbocycles. The summed E-state index contributed by atoms with van der Waals surface area (Å²) in [5.74, 6) is -2.15. The molecule has 0 aromatic carbocycles. The first-order valence-electron chi connectivity index (χ1n) is 19.2. The van der Waals surface area contributed by atoms with Gasteiger partial charge in [-0.25, -0.2) is 4.57 Å². The number of hydrogen-bond acceptors (Lipinski definition) is 10. The molecule has 1 fully saturated rings. The fourth-order valence-corrected chi connectivity index (χ4v) is 6.67. The van der Waals surface area contributed by atoms with Crippen molar-refractivity contribution in [1.29, 1.82) is 0 Å². The van der Waals surface area contributed by atoms with Gasteiger partial charge in [0.2, 0.25) is 0 Å². The molecule has 0 aliphatic heterocycles. The van der Waals surface area contributed by atoms with Crippen molar-refractivity contribution >= 4 is 25.5 Å². The molecule has 1 aliphatic rings. The van der Waals surface area contributed by atoms with Gasteiger partial charge in [0.05, 0.1) is 24.9 Å². The second-order valence-electron chi connectivity index (χ2n) is 13.9. The van der Waals surface area contributed by atoms with Gasteiger partial charge in [-0.15, -0.1) is 0 Å². The molecule has 0 unspecified atom stereocenters. The van der Waals surface area contributed by atoms with Gasteiger partial charge >= 0.3 is 19.8 Å². The first-order valence-corrected chi connectivity index (χ1v) is 20.7. The average Bonchev–Trinajstić information content (AvgIpc) is 3.32. The number of hydrogen-bond donors (Lipinski definition) is 5. The summed E-state index contributed by atoms with van der Waals surface area (Å²) in [5.41, 5.74) is 0. The molecule has 0 amide bonds. The van der Waals surface area contributed by atoms with E-state index in [2.05, 4.69) is 18.4 Å². The number of phosphoric ester groups is 1. The van der Waals surface area contributed by atoms with Gasteiger partial charge in [0.15, 0.2) is 6.10 Å². The van der Waals surface area contributed by atoms with E-state index < -0.39 is 69.2 Å². The van der Waals surface area contributed by atoms with E-state index >= 15 is 0 Å². The third kappa shape index (κ3) is 23.7. The minimum absolute atomic E-state index is 0.0158. The van der Waals surface area contributed by atoms with E-state index in [9.17, 15) is 34.3 Å². The molecule has 50 heavy (non-hydrogen) atoms. The lowest BCUT2D eigenvalue weighted by atomic mass is 9.87. The number of Topliss-reactive ketones (excluding diaryl/α,β-unsaturated/α-hetero) is 1.